The number of carbonyl (C=O) groups excluding carboxylic acids is 1. The van der Waals surface area contributed by atoms with Crippen LogP contribution in [0.5, 0.6) is 0 Å². The molecule has 0 radical (unpaired) electrons. The normalized spacial score (nSPS) is 13.6. The number of aryl methyl sites for hydroxylation is 1. The lowest BCUT2D eigenvalue weighted by atomic mass is 10.1. The van der Waals surface area contributed by atoms with E-state index in [4.69, 9.17) is 23.2 Å². The zero-order valence-electron chi connectivity index (χ0n) is 16.0. The van der Waals surface area contributed by atoms with Gasteiger partial charge in [0, 0.05) is 6.04 Å². The van der Waals surface area contributed by atoms with Crippen LogP contribution in [0.2, 0.25) is 10.0 Å². The van der Waals surface area contributed by atoms with Crippen LogP contribution >= 0.6 is 23.2 Å². The van der Waals surface area contributed by atoms with Crippen LogP contribution in [0.15, 0.2) is 48.5 Å². The lowest BCUT2D eigenvalue weighted by molar-refractivity contribution is -0.122. The summed E-state index contributed by atoms with van der Waals surface area (Å²) in [5.41, 5.74) is 1.47. The van der Waals surface area contributed by atoms with E-state index in [0.29, 0.717) is 5.02 Å². The van der Waals surface area contributed by atoms with Crippen molar-refractivity contribution in [2.24, 2.45) is 0 Å². The first kappa shape index (κ1) is 22.5. The average molecular weight is 443 g/mol. The molecule has 2 atom stereocenters. The molecule has 0 aliphatic heterocycles. The van der Waals surface area contributed by atoms with E-state index in [-0.39, 0.29) is 22.7 Å². The number of benzene rings is 2. The Morgan fingerprint density at radius 1 is 1.07 bits per heavy atom. The molecule has 1 amide bonds. The van der Waals surface area contributed by atoms with Gasteiger partial charge in [-0.15, -0.1) is 0 Å². The number of amides is 1. The van der Waals surface area contributed by atoms with Gasteiger partial charge in [0.05, 0.1) is 22.0 Å². The minimum atomic E-state index is -3.71. The molecule has 0 fully saturated rings. The van der Waals surface area contributed by atoms with Crippen molar-refractivity contribution >= 4 is 44.8 Å². The van der Waals surface area contributed by atoms with Crippen LogP contribution in [0.4, 0.5) is 5.69 Å². The average Bonchev–Trinajstić information content (AvgIpc) is 2.62. The van der Waals surface area contributed by atoms with Gasteiger partial charge in [0.1, 0.15) is 6.04 Å². The van der Waals surface area contributed by atoms with Crippen molar-refractivity contribution < 1.29 is 13.2 Å². The predicted octanol–water partition coefficient (Wildman–Crippen LogP) is 4.29. The Morgan fingerprint density at radius 3 is 2.29 bits per heavy atom. The number of carbonyl (C=O) groups is 1. The second-order valence-corrected chi connectivity index (χ2v) is 9.44. The zero-order valence-corrected chi connectivity index (χ0v) is 18.4. The van der Waals surface area contributed by atoms with Crippen LogP contribution in [0.1, 0.15) is 25.8 Å². The van der Waals surface area contributed by atoms with Gasteiger partial charge in [0.2, 0.25) is 15.9 Å². The van der Waals surface area contributed by atoms with Gasteiger partial charge in [-0.2, -0.15) is 0 Å². The molecular formula is C20H24Cl2N2O3S. The standard InChI is InChI=1S/C20H24Cl2N2O3S/c1-14(9-10-16-7-5-4-6-8-16)23-20(25)15(2)24(28(3,26)27)17-11-12-18(21)19(22)13-17/h4-8,11-15H,9-10H2,1-3H3,(H,23,25)/t14-,15-/m0/s1. The topological polar surface area (TPSA) is 66.5 Å². The summed E-state index contributed by atoms with van der Waals surface area (Å²) < 4.78 is 25.7. The van der Waals surface area contributed by atoms with Gasteiger partial charge < -0.3 is 5.32 Å². The molecule has 1 N–H and O–H groups in total. The summed E-state index contributed by atoms with van der Waals surface area (Å²) in [6.45, 7) is 3.44. The highest BCUT2D eigenvalue weighted by molar-refractivity contribution is 7.92. The molecule has 0 heterocycles. The number of nitrogens with one attached hydrogen (secondary N) is 1. The number of anilines is 1. The van der Waals surface area contributed by atoms with E-state index < -0.39 is 16.1 Å². The van der Waals surface area contributed by atoms with Gasteiger partial charge in [0.25, 0.3) is 0 Å². The SMILES string of the molecule is C[C@@H](CCc1ccccc1)NC(=O)[C@H](C)N(c1ccc(Cl)c(Cl)c1)S(C)(=O)=O. The summed E-state index contributed by atoms with van der Waals surface area (Å²) in [7, 11) is -3.71. The fraction of sp³-hybridized carbons (Fsp3) is 0.350. The third-order valence-corrected chi connectivity index (χ3v) is 6.32. The van der Waals surface area contributed by atoms with E-state index in [1.807, 2.05) is 37.3 Å². The summed E-state index contributed by atoms with van der Waals surface area (Å²) in [5, 5.41) is 3.42. The highest BCUT2D eigenvalue weighted by atomic mass is 35.5. The summed E-state index contributed by atoms with van der Waals surface area (Å²) in [6.07, 6.45) is 2.62. The van der Waals surface area contributed by atoms with Gasteiger partial charge in [-0.05, 0) is 50.5 Å². The fourth-order valence-corrected chi connectivity index (χ4v) is 4.35. The molecule has 0 aliphatic rings. The summed E-state index contributed by atoms with van der Waals surface area (Å²) in [6, 6.07) is 13.4. The molecule has 2 aromatic carbocycles. The molecule has 8 heteroatoms. The Hall–Kier alpha value is -1.76. The quantitative estimate of drug-likeness (QED) is 0.662. The Balaban J connectivity index is 2.09. The minimum Gasteiger partial charge on any atom is -0.352 e. The van der Waals surface area contributed by atoms with E-state index in [1.54, 1.807) is 6.92 Å². The van der Waals surface area contributed by atoms with Crippen LogP contribution < -0.4 is 9.62 Å². The van der Waals surface area contributed by atoms with Crippen molar-refractivity contribution in [3.8, 4) is 0 Å². The highest BCUT2D eigenvalue weighted by Gasteiger charge is 2.30. The lowest BCUT2D eigenvalue weighted by Gasteiger charge is -2.29. The Morgan fingerprint density at radius 2 is 1.71 bits per heavy atom. The molecule has 0 saturated heterocycles. The van der Waals surface area contributed by atoms with Crippen LogP contribution in [0.3, 0.4) is 0 Å². The largest absolute Gasteiger partial charge is 0.352 e. The van der Waals surface area contributed by atoms with Crippen molar-refractivity contribution in [1.82, 2.24) is 5.32 Å². The molecule has 5 nitrogen and oxygen atoms in total. The van der Waals surface area contributed by atoms with E-state index >= 15 is 0 Å². The molecule has 0 saturated carbocycles. The van der Waals surface area contributed by atoms with Crippen LogP contribution in [0, 0.1) is 0 Å². The zero-order chi connectivity index (χ0) is 20.9. The monoisotopic (exact) mass is 442 g/mol. The molecular weight excluding hydrogens is 419 g/mol. The van der Waals surface area contributed by atoms with Crippen LogP contribution in [-0.2, 0) is 21.2 Å². The van der Waals surface area contributed by atoms with Gasteiger partial charge in [-0.3, -0.25) is 9.10 Å². The second kappa shape index (κ2) is 9.63. The third kappa shape index (κ3) is 6.12. The van der Waals surface area contributed by atoms with Crippen LogP contribution in [0.25, 0.3) is 0 Å². The maximum absolute atomic E-state index is 12.7. The lowest BCUT2D eigenvalue weighted by Crippen LogP contribution is -2.50. The van der Waals surface area contributed by atoms with E-state index in [1.165, 1.54) is 23.8 Å². The maximum Gasteiger partial charge on any atom is 0.243 e. The molecule has 28 heavy (non-hydrogen) atoms. The number of halogens is 2. The first-order valence-electron chi connectivity index (χ1n) is 8.88. The molecule has 2 rings (SSSR count). The highest BCUT2D eigenvalue weighted by Crippen LogP contribution is 2.29. The molecule has 2 aromatic rings. The Kier molecular flexibility index (Phi) is 7.75. The first-order chi connectivity index (χ1) is 13.1. The molecule has 0 spiro atoms. The van der Waals surface area contributed by atoms with E-state index in [0.717, 1.165) is 23.4 Å². The van der Waals surface area contributed by atoms with Gasteiger partial charge in [-0.1, -0.05) is 53.5 Å². The fourth-order valence-electron chi connectivity index (χ4n) is 2.89. The summed E-state index contributed by atoms with van der Waals surface area (Å²) >= 11 is 11.9. The van der Waals surface area contributed by atoms with Crippen molar-refractivity contribution in [2.45, 2.75) is 38.8 Å². The predicted molar refractivity (Wildman–Crippen MR) is 116 cm³/mol. The second-order valence-electron chi connectivity index (χ2n) is 6.77. The maximum atomic E-state index is 12.7. The number of nitrogens with zero attached hydrogens (tertiary/aromatic N) is 1. The Bertz CT molecular complexity index is 920. The number of hydrogen-bond acceptors (Lipinski definition) is 3. The third-order valence-electron chi connectivity index (χ3n) is 4.34. The Labute approximate surface area is 176 Å². The number of rotatable bonds is 8. The van der Waals surface area contributed by atoms with E-state index in [9.17, 15) is 13.2 Å². The summed E-state index contributed by atoms with van der Waals surface area (Å²) in [4.78, 5) is 12.7. The van der Waals surface area contributed by atoms with Gasteiger partial charge >= 0.3 is 0 Å². The molecule has 0 bridgehead atoms. The van der Waals surface area contributed by atoms with Crippen molar-refractivity contribution in [1.29, 1.82) is 0 Å². The van der Waals surface area contributed by atoms with Crippen LogP contribution in [-0.4, -0.2) is 32.7 Å². The van der Waals surface area contributed by atoms with Crippen molar-refractivity contribution in [3.63, 3.8) is 0 Å². The smallest absolute Gasteiger partial charge is 0.243 e. The summed E-state index contributed by atoms with van der Waals surface area (Å²) in [5.74, 6) is -0.378. The first-order valence-corrected chi connectivity index (χ1v) is 11.5. The molecule has 152 valence electrons. The van der Waals surface area contributed by atoms with Gasteiger partial charge in [0.15, 0.2) is 0 Å². The molecule has 0 aliphatic carbocycles. The minimum absolute atomic E-state index is 0.106. The van der Waals surface area contributed by atoms with Crippen molar-refractivity contribution in [2.75, 3.05) is 10.6 Å². The molecule has 0 aromatic heterocycles. The molecule has 0 unspecified atom stereocenters. The number of hydrogen-bond donors (Lipinski definition) is 1. The van der Waals surface area contributed by atoms with Crippen molar-refractivity contribution in [3.05, 3.63) is 64.1 Å². The number of sulfonamides is 1. The van der Waals surface area contributed by atoms with E-state index in [2.05, 4.69) is 5.32 Å². The van der Waals surface area contributed by atoms with Gasteiger partial charge in [-0.25, -0.2) is 8.42 Å².